The van der Waals surface area contributed by atoms with Gasteiger partial charge in [0.1, 0.15) is 12.4 Å². The van der Waals surface area contributed by atoms with Crippen LogP contribution in [0.25, 0.3) is 0 Å². The summed E-state index contributed by atoms with van der Waals surface area (Å²) in [5, 5.41) is 4.24. The van der Waals surface area contributed by atoms with Crippen molar-refractivity contribution in [2.75, 3.05) is 13.2 Å². The monoisotopic (exact) mass is 253 g/mol. The lowest BCUT2D eigenvalue weighted by Crippen LogP contribution is -2.43. The molecule has 0 heterocycles. The summed E-state index contributed by atoms with van der Waals surface area (Å²) in [4.78, 5) is 0. The minimum atomic E-state index is 0.479. The summed E-state index contributed by atoms with van der Waals surface area (Å²) in [7, 11) is 0. The first-order chi connectivity index (χ1) is 8.29. The van der Waals surface area contributed by atoms with Crippen LogP contribution in [0, 0.1) is 5.92 Å². The molecule has 0 radical (unpaired) electrons. The zero-order valence-corrected chi connectivity index (χ0v) is 11.0. The number of halogens is 1. The predicted octanol–water partition coefficient (Wildman–Crippen LogP) is 3.50. The Balaban J connectivity index is 1.85. The number of hydrogen-bond acceptors (Lipinski definition) is 2. The van der Waals surface area contributed by atoms with E-state index >= 15 is 0 Å². The third-order valence-electron chi connectivity index (χ3n) is 3.41. The van der Waals surface area contributed by atoms with E-state index in [-0.39, 0.29) is 0 Å². The van der Waals surface area contributed by atoms with Gasteiger partial charge < -0.3 is 10.1 Å². The van der Waals surface area contributed by atoms with Gasteiger partial charge in [-0.25, -0.2) is 0 Å². The van der Waals surface area contributed by atoms with E-state index in [1.165, 1.54) is 19.3 Å². The molecule has 2 rings (SSSR count). The fourth-order valence-corrected chi connectivity index (χ4v) is 2.39. The summed E-state index contributed by atoms with van der Waals surface area (Å²) in [6, 6.07) is 8.08. The predicted molar refractivity (Wildman–Crippen MR) is 71.8 cm³/mol. The summed E-state index contributed by atoms with van der Waals surface area (Å²) in [5.74, 6) is 1.65. The first kappa shape index (κ1) is 12.7. The average Bonchev–Trinajstić information content (AvgIpc) is 2.24. The lowest BCUT2D eigenvalue weighted by atomic mass is 9.80. The van der Waals surface area contributed by atoms with E-state index in [0.717, 1.165) is 29.8 Å². The molecule has 0 bridgehead atoms. The van der Waals surface area contributed by atoms with Crippen LogP contribution in [0.15, 0.2) is 24.3 Å². The maximum Gasteiger partial charge on any atom is 0.120 e. The van der Waals surface area contributed by atoms with Crippen LogP contribution in [0.4, 0.5) is 0 Å². The lowest BCUT2D eigenvalue weighted by Gasteiger charge is -2.34. The van der Waals surface area contributed by atoms with E-state index in [0.29, 0.717) is 6.04 Å². The molecule has 1 N–H and O–H groups in total. The van der Waals surface area contributed by atoms with Gasteiger partial charge in [-0.1, -0.05) is 31.0 Å². The highest BCUT2D eigenvalue weighted by atomic mass is 35.5. The second kappa shape index (κ2) is 6.27. The van der Waals surface area contributed by atoms with Crippen molar-refractivity contribution in [1.29, 1.82) is 0 Å². The summed E-state index contributed by atoms with van der Waals surface area (Å²) in [6.45, 7) is 3.88. The molecule has 3 heteroatoms. The quantitative estimate of drug-likeness (QED) is 0.838. The van der Waals surface area contributed by atoms with Crippen LogP contribution >= 0.6 is 11.6 Å². The SMILES string of the molecule is CCNC(COc1cccc(Cl)c1)C1CCC1. The topological polar surface area (TPSA) is 21.3 Å². The van der Waals surface area contributed by atoms with Crippen molar-refractivity contribution in [3.05, 3.63) is 29.3 Å². The van der Waals surface area contributed by atoms with Gasteiger partial charge >= 0.3 is 0 Å². The van der Waals surface area contributed by atoms with E-state index in [4.69, 9.17) is 16.3 Å². The van der Waals surface area contributed by atoms with Crippen molar-refractivity contribution in [3.63, 3.8) is 0 Å². The number of benzene rings is 1. The van der Waals surface area contributed by atoms with E-state index in [9.17, 15) is 0 Å². The first-order valence-electron chi connectivity index (χ1n) is 6.41. The Morgan fingerprint density at radius 1 is 1.47 bits per heavy atom. The number of hydrogen-bond donors (Lipinski definition) is 1. The van der Waals surface area contributed by atoms with Crippen LogP contribution in [0.3, 0.4) is 0 Å². The first-order valence-corrected chi connectivity index (χ1v) is 6.79. The number of ether oxygens (including phenoxy) is 1. The molecule has 1 atom stereocenters. The Bertz CT molecular complexity index is 352. The third kappa shape index (κ3) is 3.62. The molecule has 0 aliphatic heterocycles. The number of rotatable bonds is 6. The minimum Gasteiger partial charge on any atom is -0.492 e. The Labute approximate surface area is 108 Å². The van der Waals surface area contributed by atoms with E-state index < -0.39 is 0 Å². The van der Waals surface area contributed by atoms with Gasteiger partial charge in [0.25, 0.3) is 0 Å². The highest BCUT2D eigenvalue weighted by Crippen LogP contribution is 2.30. The summed E-state index contributed by atoms with van der Waals surface area (Å²) in [5.41, 5.74) is 0. The molecule has 0 amide bonds. The van der Waals surface area contributed by atoms with Gasteiger partial charge in [-0.2, -0.15) is 0 Å². The van der Waals surface area contributed by atoms with Crippen molar-refractivity contribution in [2.24, 2.45) is 5.92 Å². The number of likely N-dealkylation sites (N-methyl/N-ethyl adjacent to an activating group) is 1. The average molecular weight is 254 g/mol. The molecule has 17 heavy (non-hydrogen) atoms. The zero-order valence-electron chi connectivity index (χ0n) is 10.3. The largest absolute Gasteiger partial charge is 0.492 e. The smallest absolute Gasteiger partial charge is 0.120 e. The molecule has 2 nitrogen and oxygen atoms in total. The highest BCUT2D eigenvalue weighted by Gasteiger charge is 2.26. The molecule has 1 aromatic rings. The molecule has 1 unspecified atom stereocenters. The Morgan fingerprint density at radius 2 is 2.29 bits per heavy atom. The minimum absolute atomic E-state index is 0.479. The van der Waals surface area contributed by atoms with Gasteiger partial charge in [0.05, 0.1) is 0 Å². The molecule has 0 spiro atoms. The van der Waals surface area contributed by atoms with Gasteiger partial charge in [-0.05, 0) is 43.5 Å². The van der Waals surface area contributed by atoms with Crippen LogP contribution in [0.2, 0.25) is 5.02 Å². The molecule has 1 aliphatic carbocycles. The molecule has 0 aromatic heterocycles. The number of nitrogens with one attached hydrogen (secondary N) is 1. The Kier molecular flexibility index (Phi) is 4.69. The second-order valence-electron chi connectivity index (χ2n) is 4.62. The van der Waals surface area contributed by atoms with Crippen molar-refractivity contribution in [1.82, 2.24) is 5.32 Å². The fraction of sp³-hybridized carbons (Fsp3) is 0.571. The highest BCUT2D eigenvalue weighted by molar-refractivity contribution is 6.30. The molecular formula is C14H20ClNO. The van der Waals surface area contributed by atoms with Gasteiger partial charge in [0.15, 0.2) is 0 Å². The van der Waals surface area contributed by atoms with Gasteiger partial charge in [-0.3, -0.25) is 0 Å². The van der Waals surface area contributed by atoms with Crippen LogP contribution in [-0.4, -0.2) is 19.2 Å². The maximum absolute atomic E-state index is 5.93. The van der Waals surface area contributed by atoms with E-state index in [1.807, 2.05) is 24.3 Å². The van der Waals surface area contributed by atoms with Crippen molar-refractivity contribution in [2.45, 2.75) is 32.2 Å². The third-order valence-corrected chi connectivity index (χ3v) is 3.65. The van der Waals surface area contributed by atoms with Crippen LogP contribution in [-0.2, 0) is 0 Å². The van der Waals surface area contributed by atoms with Gasteiger partial charge in [-0.15, -0.1) is 0 Å². The van der Waals surface area contributed by atoms with Crippen molar-refractivity contribution >= 4 is 11.6 Å². The molecule has 94 valence electrons. The zero-order chi connectivity index (χ0) is 12.1. The maximum atomic E-state index is 5.93. The van der Waals surface area contributed by atoms with Gasteiger partial charge in [0.2, 0.25) is 0 Å². The summed E-state index contributed by atoms with van der Waals surface area (Å²) < 4.78 is 5.81. The molecule has 0 saturated heterocycles. The van der Waals surface area contributed by atoms with Gasteiger partial charge in [0, 0.05) is 11.1 Å². The summed E-state index contributed by atoms with van der Waals surface area (Å²) in [6.07, 6.45) is 4.02. The normalized spacial score (nSPS) is 17.5. The van der Waals surface area contributed by atoms with Crippen LogP contribution in [0.1, 0.15) is 26.2 Å². The van der Waals surface area contributed by atoms with Crippen molar-refractivity contribution in [3.8, 4) is 5.75 Å². The van der Waals surface area contributed by atoms with Crippen molar-refractivity contribution < 1.29 is 4.74 Å². The summed E-state index contributed by atoms with van der Waals surface area (Å²) >= 11 is 5.93. The fourth-order valence-electron chi connectivity index (χ4n) is 2.21. The molecule has 1 saturated carbocycles. The lowest BCUT2D eigenvalue weighted by molar-refractivity contribution is 0.163. The molecular weight excluding hydrogens is 234 g/mol. The Morgan fingerprint density at radius 3 is 2.88 bits per heavy atom. The molecule has 1 aliphatic rings. The van der Waals surface area contributed by atoms with Crippen LogP contribution < -0.4 is 10.1 Å². The molecule has 1 fully saturated rings. The van der Waals surface area contributed by atoms with Crippen LogP contribution in [0.5, 0.6) is 5.75 Å². The second-order valence-corrected chi connectivity index (χ2v) is 5.06. The standard InChI is InChI=1S/C14H20ClNO/c1-2-16-14(11-5-3-6-11)10-17-13-8-4-7-12(15)9-13/h4,7-9,11,14,16H,2-3,5-6,10H2,1H3. The van der Waals surface area contributed by atoms with E-state index in [2.05, 4.69) is 12.2 Å². The molecule has 1 aromatic carbocycles. The van der Waals surface area contributed by atoms with E-state index in [1.54, 1.807) is 0 Å². The Hall–Kier alpha value is -0.730.